The molecule has 7 heteroatoms. The second kappa shape index (κ2) is 10.1. The number of ether oxygens (including phenoxy) is 1. The molecule has 0 aliphatic carbocycles. The quantitative estimate of drug-likeness (QED) is 0.674. The Bertz CT molecular complexity index is 915. The molecule has 1 aromatic rings. The minimum Gasteiger partial charge on any atom is -0.476 e. The van der Waals surface area contributed by atoms with Crippen LogP contribution in [0.15, 0.2) is 54.7 Å². The van der Waals surface area contributed by atoms with Crippen LogP contribution in [0.1, 0.15) is 43.5 Å². The number of carbonyl (C=O) groups excluding carboxylic acids is 2. The maximum absolute atomic E-state index is 12.5. The lowest BCUT2D eigenvalue weighted by Crippen LogP contribution is -2.46. The van der Waals surface area contributed by atoms with Crippen molar-refractivity contribution in [1.82, 2.24) is 10.2 Å². The number of aliphatic hydroxyl groups excluding tert-OH is 1. The molecule has 0 saturated carbocycles. The Hall–Kier alpha value is -2.90. The summed E-state index contributed by atoms with van der Waals surface area (Å²) in [5.41, 5.74) is 2.70. The van der Waals surface area contributed by atoms with Crippen LogP contribution in [0, 0.1) is 0 Å². The predicted octanol–water partition coefficient (Wildman–Crippen LogP) is 3.04. The van der Waals surface area contributed by atoms with Crippen molar-refractivity contribution in [3.05, 3.63) is 60.2 Å². The average molecular weight is 440 g/mol. The fourth-order valence-corrected chi connectivity index (χ4v) is 3.92. The summed E-state index contributed by atoms with van der Waals surface area (Å²) >= 11 is 0. The number of amides is 2. The molecule has 2 amide bonds. The molecule has 3 aliphatic rings. The summed E-state index contributed by atoms with van der Waals surface area (Å²) in [4.78, 5) is 26.1. The first-order chi connectivity index (χ1) is 15.2. The molecule has 1 fully saturated rings. The third-order valence-electron chi connectivity index (χ3n) is 5.86. The van der Waals surface area contributed by atoms with Gasteiger partial charge in [0.25, 0.3) is 11.8 Å². The summed E-state index contributed by atoms with van der Waals surface area (Å²) in [6.45, 7) is 13.9. The number of nitrogens with zero attached hydrogens (tertiary/aromatic N) is 1. The number of aliphatic hydroxyl groups is 1. The molecule has 0 aromatic heterocycles. The smallest absolute Gasteiger partial charge is 0.268 e. The standard InChI is InChI=1S/C16H20N2O4.C9H13N/c1-16(2)15(21)17-12-8-10(5-6-13(12)22-16)14(20)18-7-3-4-11(19)9-18;1-3-8-5-6-10-7-9(8)4-2/h5-6,8,11,19H,3-4,7,9H2,1-2H3,(H,17,21);3-4,10H,1-2,5-7H2. The minimum absolute atomic E-state index is 0.138. The molecular weight excluding hydrogens is 406 g/mol. The SMILES string of the molecule is C=CC1=C(C=C)CNCC1.CC1(C)Oc2ccc(C(=O)N3CCCC(O)C3)cc2NC1=O. The number of carbonyl (C=O) groups is 2. The molecule has 1 unspecified atom stereocenters. The summed E-state index contributed by atoms with van der Waals surface area (Å²) in [5, 5.41) is 15.7. The lowest BCUT2D eigenvalue weighted by Gasteiger charge is -2.33. The zero-order chi connectivity index (χ0) is 23.3. The summed E-state index contributed by atoms with van der Waals surface area (Å²) in [6.07, 6.45) is 5.99. The summed E-state index contributed by atoms with van der Waals surface area (Å²) < 4.78 is 5.65. The van der Waals surface area contributed by atoms with Gasteiger partial charge in [0.05, 0.1) is 11.8 Å². The molecule has 3 aliphatic heterocycles. The van der Waals surface area contributed by atoms with Crippen molar-refractivity contribution in [1.29, 1.82) is 0 Å². The van der Waals surface area contributed by atoms with E-state index in [9.17, 15) is 14.7 Å². The zero-order valence-electron chi connectivity index (χ0n) is 18.9. The molecule has 1 saturated heterocycles. The van der Waals surface area contributed by atoms with Gasteiger partial charge in [-0.3, -0.25) is 9.59 Å². The average Bonchev–Trinajstić information content (AvgIpc) is 2.79. The highest BCUT2D eigenvalue weighted by Crippen LogP contribution is 2.34. The molecule has 3 N–H and O–H groups in total. The Morgan fingerprint density at radius 2 is 2.03 bits per heavy atom. The predicted molar refractivity (Wildman–Crippen MR) is 126 cm³/mol. The molecule has 4 rings (SSSR count). The molecule has 3 heterocycles. The Morgan fingerprint density at radius 1 is 1.28 bits per heavy atom. The van der Waals surface area contributed by atoms with Crippen molar-refractivity contribution in [3.8, 4) is 5.75 Å². The number of hydrogen-bond acceptors (Lipinski definition) is 5. The number of rotatable bonds is 3. The van der Waals surface area contributed by atoms with Crippen LogP contribution in [0.25, 0.3) is 0 Å². The Kier molecular flexibility index (Phi) is 7.53. The number of benzene rings is 1. The molecule has 1 atom stereocenters. The third kappa shape index (κ3) is 5.47. The van der Waals surface area contributed by atoms with E-state index in [-0.39, 0.29) is 11.8 Å². The van der Waals surface area contributed by atoms with Gasteiger partial charge in [-0.15, -0.1) is 0 Å². The van der Waals surface area contributed by atoms with Crippen molar-refractivity contribution in [2.75, 3.05) is 31.5 Å². The monoisotopic (exact) mass is 439 g/mol. The number of likely N-dealkylation sites (tertiary alicyclic amines) is 1. The number of allylic oxidation sites excluding steroid dienone is 1. The third-order valence-corrected chi connectivity index (χ3v) is 5.86. The number of fused-ring (bicyclic) bond motifs is 1. The second-order valence-electron chi connectivity index (χ2n) is 8.71. The normalized spacial score (nSPS) is 21.9. The molecule has 1 aromatic carbocycles. The molecule has 0 radical (unpaired) electrons. The minimum atomic E-state index is -0.921. The molecule has 0 spiro atoms. The first kappa shape index (κ1) is 23.8. The van der Waals surface area contributed by atoms with Gasteiger partial charge < -0.3 is 25.4 Å². The van der Waals surface area contributed by atoms with E-state index in [1.165, 1.54) is 11.1 Å². The number of nitrogens with one attached hydrogen (secondary N) is 2. The van der Waals surface area contributed by atoms with E-state index in [1.807, 2.05) is 12.2 Å². The van der Waals surface area contributed by atoms with Gasteiger partial charge in [0.1, 0.15) is 5.75 Å². The number of anilines is 1. The number of hydrogen-bond donors (Lipinski definition) is 3. The molecule has 32 heavy (non-hydrogen) atoms. The van der Waals surface area contributed by atoms with E-state index in [0.29, 0.717) is 30.1 Å². The molecule has 172 valence electrons. The first-order valence-corrected chi connectivity index (χ1v) is 11.0. The van der Waals surface area contributed by atoms with Crippen molar-refractivity contribution >= 4 is 17.5 Å². The van der Waals surface area contributed by atoms with Gasteiger partial charge >= 0.3 is 0 Å². The van der Waals surface area contributed by atoms with Gasteiger partial charge in [0.2, 0.25) is 0 Å². The molecule has 0 bridgehead atoms. The van der Waals surface area contributed by atoms with E-state index < -0.39 is 11.7 Å². The largest absolute Gasteiger partial charge is 0.476 e. The summed E-state index contributed by atoms with van der Waals surface area (Å²) in [5.74, 6) is 0.179. The van der Waals surface area contributed by atoms with Crippen molar-refractivity contribution < 1.29 is 19.4 Å². The molecule has 7 nitrogen and oxygen atoms in total. The van der Waals surface area contributed by atoms with Gasteiger partial charge in [-0.25, -0.2) is 0 Å². The maximum Gasteiger partial charge on any atom is 0.268 e. The highest BCUT2D eigenvalue weighted by Gasteiger charge is 2.35. The summed E-state index contributed by atoms with van der Waals surface area (Å²) in [6, 6.07) is 5.02. The fraction of sp³-hybridized carbons (Fsp3) is 0.440. The van der Waals surface area contributed by atoms with Gasteiger partial charge in [0.15, 0.2) is 5.60 Å². The van der Waals surface area contributed by atoms with Crippen LogP contribution in [0.2, 0.25) is 0 Å². The van der Waals surface area contributed by atoms with Crippen molar-refractivity contribution in [2.45, 2.75) is 44.8 Å². The summed E-state index contributed by atoms with van der Waals surface area (Å²) in [7, 11) is 0. The Balaban J connectivity index is 0.000000243. The fourth-order valence-electron chi connectivity index (χ4n) is 3.92. The second-order valence-corrected chi connectivity index (χ2v) is 8.71. The first-order valence-electron chi connectivity index (χ1n) is 11.0. The van der Waals surface area contributed by atoms with Gasteiger partial charge in [-0.2, -0.15) is 0 Å². The van der Waals surface area contributed by atoms with Crippen LogP contribution in [-0.2, 0) is 4.79 Å². The number of piperidine rings is 1. The zero-order valence-corrected chi connectivity index (χ0v) is 18.9. The Labute approximate surface area is 189 Å². The van der Waals surface area contributed by atoms with Crippen LogP contribution < -0.4 is 15.4 Å². The lowest BCUT2D eigenvalue weighted by atomic mass is 10.0. The van der Waals surface area contributed by atoms with Gasteiger partial charge in [0, 0.05) is 25.2 Å². The van der Waals surface area contributed by atoms with E-state index >= 15 is 0 Å². The van der Waals surface area contributed by atoms with E-state index in [1.54, 1.807) is 36.9 Å². The highest BCUT2D eigenvalue weighted by atomic mass is 16.5. The van der Waals surface area contributed by atoms with Crippen LogP contribution in [0.4, 0.5) is 5.69 Å². The van der Waals surface area contributed by atoms with Crippen LogP contribution in [0.5, 0.6) is 5.75 Å². The lowest BCUT2D eigenvalue weighted by molar-refractivity contribution is -0.129. The highest BCUT2D eigenvalue weighted by molar-refractivity contribution is 6.02. The Morgan fingerprint density at radius 3 is 2.69 bits per heavy atom. The van der Waals surface area contributed by atoms with E-state index in [4.69, 9.17) is 4.74 Å². The van der Waals surface area contributed by atoms with Gasteiger partial charge in [-0.1, -0.05) is 25.3 Å². The van der Waals surface area contributed by atoms with E-state index in [0.717, 1.165) is 32.4 Å². The maximum atomic E-state index is 12.5. The van der Waals surface area contributed by atoms with Crippen LogP contribution in [-0.4, -0.2) is 59.7 Å². The van der Waals surface area contributed by atoms with Crippen LogP contribution in [0.3, 0.4) is 0 Å². The van der Waals surface area contributed by atoms with Crippen molar-refractivity contribution in [3.63, 3.8) is 0 Å². The van der Waals surface area contributed by atoms with E-state index in [2.05, 4.69) is 23.8 Å². The van der Waals surface area contributed by atoms with Crippen molar-refractivity contribution in [2.24, 2.45) is 0 Å². The molecular formula is C25H33N3O4. The number of β-amino-alcohol motifs (C(OH)–C–C–N with tert-alkyl or cyclic N) is 1. The topological polar surface area (TPSA) is 90.9 Å². The van der Waals surface area contributed by atoms with Gasteiger partial charge in [-0.05, 0) is 69.0 Å². The van der Waals surface area contributed by atoms with Crippen LogP contribution >= 0.6 is 0 Å².